The zero-order chi connectivity index (χ0) is 13.1. The molecular formula is C16H24N2O. The van der Waals surface area contributed by atoms with Crippen LogP contribution in [0.5, 0.6) is 0 Å². The Morgan fingerprint density at radius 2 is 1.95 bits per heavy atom. The van der Waals surface area contributed by atoms with Crippen molar-refractivity contribution in [2.45, 2.75) is 38.3 Å². The van der Waals surface area contributed by atoms with Gasteiger partial charge in [-0.15, -0.1) is 0 Å². The normalized spacial score (nSPS) is 23.0. The van der Waals surface area contributed by atoms with E-state index in [1.807, 2.05) is 0 Å². The second kappa shape index (κ2) is 5.93. The largest absolute Gasteiger partial charge is 0.396 e. The summed E-state index contributed by atoms with van der Waals surface area (Å²) >= 11 is 0. The molecule has 104 valence electrons. The van der Waals surface area contributed by atoms with E-state index in [1.54, 1.807) is 0 Å². The topological polar surface area (TPSA) is 35.5 Å². The van der Waals surface area contributed by atoms with Crippen molar-refractivity contribution in [1.29, 1.82) is 0 Å². The quantitative estimate of drug-likeness (QED) is 0.822. The van der Waals surface area contributed by atoms with Gasteiger partial charge in [-0.3, -0.25) is 0 Å². The van der Waals surface area contributed by atoms with Crippen molar-refractivity contribution in [1.82, 2.24) is 5.32 Å². The SMILES string of the molecule is OCCC1CCN(c2ccc(CNC3CC3)cc2)C1. The molecule has 1 heterocycles. The third-order valence-corrected chi connectivity index (χ3v) is 4.30. The highest BCUT2D eigenvalue weighted by atomic mass is 16.3. The standard InChI is InChI=1S/C16H24N2O/c19-10-8-14-7-9-18(12-14)16-5-1-13(2-6-16)11-17-15-3-4-15/h1-2,5-6,14-15,17,19H,3-4,7-12H2. The van der Waals surface area contributed by atoms with Gasteiger partial charge in [-0.05, 0) is 49.3 Å². The summed E-state index contributed by atoms with van der Waals surface area (Å²) in [6, 6.07) is 9.74. The van der Waals surface area contributed by atoms with Crippen molar-refractivity contribution in [2.75, 3.05) is 24.6 Å². The summed E-state index contributed by atoms with van der Waals surface area (Å²) in [5, 5.41) is 12.5. The molecule has 1 atom stereocenters. The number of nitrogens with zero attached hydrogens (tertiary/aromatic N) is 1. The van der Waals surface area contributed by atoms with E-state index in [0.717, 1.165) is 32.1 Å². The Balaban J connectivity index is 1.53. The van der Waals surface area contributed by atoms with Gasteiger partial charge in [0.15, 0.2) is 0 Å². The molecule has 3 rings (SSSR count). The zero-order valence-electron chi connectivity index (χ0n) is 11.5. The smallest absolute Gasteiger partial charge is 0.0434 e. The summed E-state index contributed by atoms with van der Waals surface area (Å²) in [4.78, 5) is 2.44. The summed E-state index contributed by atoms with van der Waals surface area (Å²) in [5.41, 5.74) is 2.71. The number of rotatable bonds is 6. The van der Waals surface area contributed by atoms with E-state index >= 15 is 0 Å². The number of anilines is 1. The van der Waals surface area contributed by atoms with Gasteiger partial charge in [0.1, 0.15) is 0 Å². The maximum atomic E-state index is 9.00. The van der Waals surface area contributed by atoms with Crippen molar-refractivity contribution < 1.29 is 5.11 Å². The third-order valence-electron chi connectivity index (χ3n) is 4.30. The van der Waals surface area contributed by atoms with E-state index in [4.69, 9.17) is 5.11 Å². The van der Waals surface area contributed by atoms with E-state index < -0.39 is 0 Å². The maximum Gasteiger partial charge on any atom is 0.0434 e. The molecule has 1 saturated heterocycles. The van der Waals surface area contributed by atoms with Crippen molar-refractivity contribution >= 4 is 5.69 Å². The molecule has 0 radical (unpaired) electrons. The van der Waals surface area contributed by atoms with Crippen LogP contribution in [0.25, 0.3) is 0 Å². The second-order valence-electron chi connectivity index (χ2n) is 5.93. The number of hydrogen-bond acceptors (Lipinski definition) is 3. The van der Waals surface area contributed by atoms with Crippen LogP contribution in [0.15, 0.2) is 24.3 Å². The Morgan fingerprint density at radius 1 is 1.16 bits per heavy atom. The van der Waals surface area contributed by atoms with Crippen molar-refractivity contribution in [3.63, 3.8) is 0 Å². The summed E-state index contributed by atoms with van der Waals surface area (Å²) < 4.78 is 0. The molecule has 1 saturated carbocycles. The highest BCUT2D eigenvalue weighted by Gasteiger charge is 2.22. The van der Waals surface area contributed by atoms with Crippen molar-refractivity contribution in [3.8, 4) is 0 Å². The highest BCUT2D eigenvalue weighted by molar-refractivity contribution is 5.48. The first-order valence-electron chi connectivity index (χ1n) is 7.53. The minimum absolute atomic E-state index is 0.324. The van der Waals surface area contributed by atoms with Gasteiger partial charge in [-0.2, -0.15) is 0 Å². The third kappa shape index (κ3) is 3.48. The van der Waals surface area contributed by atoms with Gasteiger partial charge in [0.05, 0.1) is 0 Å². The molecule has 1 unspecified atom stereocenters. The van der Waals surface area contributed by atoms with Gasteiger partial charge in [0, 0.05) is 38.0 Å². The lowest BCUT2D eigenvalue weighted by Crippen LogP contribution is -2.20. The maximum absolute atomic E-state index is 9.00. The Labute approximate surface area is 115 Å². The van der Waals surface area contributed by atoms with Crippen LogP contribution in [0.1, 0.15) is 31.2 Å². The summed E-state index contributed by atoms with van der Waals surface area (Å²) in [6.45, 7) is 3.55. The molecule has 2 N–H and O–H groups in total. The van der Waals surface area contributed by atoms with Crippen LogP contribution in [0.2, 0.25) is 0 Å². The molecule has 1 aliphatic carbocycles. The van der Waals surface area contributed by atoms with Gasteiger partial charge < -0.3 is 15.3 Å². The van der Waals surface area contributed by atoms with Crippen LogP contribution < -0.4 is 10.2 Å². The number of benzene rings is 1. The predicted molar refractivity (Wildman–Crippen MR) is 78.3 cm³/mol. The molecule has 0 amide bonds. The summed E-state index contributed by atoms with van der Waals surface area (Å²) in [5.74, 6) is 0.668. The van der Waals surface area contributed by atoms with Gasteiger partial charge in [-0.25, -0.2) is 0 Å². The fraction of sp³-hybridized carbons (Fsp3) is 0.625. The molecule has 19 heavy (non-hydrogen) atoms. The minimum atomic E-state index is 0.324. The molecule has 1 aromatic rings. The highest BCUT2D eigenvalue weighted by Crippen LogP contribution is 2.26. The van der Waals surface area contributed by atoms with E-state index in [0.29, 0.717) is 12.5 Å². The van der Waals surface area contributed by atoms with E-state index in [-0.39, 0.29) is 0 Å². The fourth-order valence-corrected chi connectivity index (χ4v) is 2.86. The van der Waals surface area contributed by atoms with Crippen LogP contribution in [0.3, 0.4) is 0 Å². The molecule has 1 aromatic carbocycles. The lowest BCUT2D eigenvalue weighted by atomic mass is 10.1. The van der Waals surface area contributed by atoms with Crippen LogP contribution in [0, 0.1) is 5.92 Å². The Hall–Kier alpha value is -1.06. The van der Waals surface area contributed by atoms with Gasteiger partial charge >= 0.3 is 0 Å². The minimum Gasteiger partial charge on any atom is -0.396 e. The summed E-state index contributed by atoms with van der Waals surface area (Å²) in [7, 11) is 0. The van der Waals surface area contributed by atoms with E-state index in [1.165, 1.54) is 30.5 Å². The molecular weight excluding hydrogens is 236 g/mol. The summed E-state index contributed by atoms with van der Waals surface area (Å²) in [6.07, 6.45) is 4.85. The number of hydrogen-bond donors (Lipinski definition) is 2. The first-order chi connectivity index (χ1) is 9.35. The van der Waals surface area contributed by atoms with Crippen molar-refractivity contribution in [2.24, 2.45) is 5.92 Å². The fourth-order valence-electron chi connectivity index (χ4n) is 2.86. The van der Waals surface area contributed by atoms with Crippen LogP contribution in [-0.4, -0.2) is 30.8 Å². The molecule has 1 aliphatic heterocycles. The van der Waals surface area contributed by atoms with E-state index in [2.05, 4.69) is 34.5 Å². The zero-order valence-corrected chi connectivity index (χ0v) is 11.5. The van der Waals surface area contributed by atoms with Crippen LogP contribution in [0.4, 0.5) is 5.69 Å². The van der Waals surface area contributed by atoms with Gasteiger partial charge in [0.25, 0.3) is 0 Å². The van der Waals surface area contributed by atoms with Crippen molar-refractivity contribution in [3.05, 3.63) is 29.8 Å². The molecule has 2 fully saturated rings. The average Bonchev–Trinajstić information content (AvgIpc) is 3.16. The first kappa shape index (κ1) is 12.9. The number of aliphatic hydroxyl groups is 1. The van der Waals surface area contributed by atoms with Crippen LogP contribution in [-0.2, 0) is 6.54 Å². The number of aliphatic hydroxyl groups excluding tert-OH is 1. The predicted octanol–water partition coefficient (Wildman–Crippen LogP) is 2.15. The molecule has 2 aliphatic rings. The van der Waals surface area contributed by atoms with Crippen LogP contribution >= 0.6 is 0 Å². The average molecular weight is 260 g/mol. The first-order valence-corrected chi connectivity index (χ1v) is 7.53. The lowest BCUT2D eigenvalue weighted by Gasteiger charge is -2.19. The second-order valence-corrected chi connectivity index (χ2v) is 5.93. The molecule has 0 aromatic heterocycles. The Bertz CT molecular complexity index is 400. The van der Waals surface area contributed by atoms with Gasteiger partial charge in [-0.1, -0.05) is 12.1 Å². The lowest BCUT2D eigenvalue weighted by molar-refractivity contribution is 0.263. The van der Waals surface area contributed by atoms with Gasteiger partial charge in [0.2, 0.25) is 0 Å². The molecule has 0 bridgehead atoms. The molecule has 0 spiro atoms. The monoisotopic (exact) mass is 260 g/mol. The van der Waals surface area contributed by atoms with E-state index in [9.17, 15) is 0 Å². The number of nitrogens with one attached hydrogen (secondary N) is 1. The Kier molecular flexibility index (Phi) is 4.04. The molecule has 3 nitrogen and oxygen atoms in total. The Morgan fingerprint density at radius 3 is 2.63 bits per heavy atom. The molecule has 3 heteroatoms.